The molecule has 0 aliphatic carbocycles. The van der Waals surface area contributed by atoms with Gasteiger partial charge in [-0.25, -0.2) is 0 Å². The van der Waals surface area contributed by atoms with Crippen molar-refractivity contribution in [2.75, 3.05) is 0 Å². The fourth-order valence-corrected chi connectivity index (χ4v) is 5.04. The first kappa shape index (κ1) is 19.4. The first-order valence-electron chi connectivity index (χ1n) is 12.0. The van der Waals surface area contributed by atoms with Crippen LogP contribution in [0.2, 0.25) is 0 Å². The highest BCUT2D eigenvalue weighted by Gasteiger charge is 2.16. The zero-order valence-corrected chi connectivity index (χ0v) is 18.8. The number of hydrogen-bond donors (Lipinski definition) is 0. The molecule has 0 saturated heterocycles. The molecule has 2 aromatic heterocycles. The van der Waals surface area contributed by atoms with Crippen LogP contribution in [-0.4, -0.2) is 0 Å². The molecule has 0 radical (unpaired) electrons. The van der Waals surface area contributed by atoms with E-state index in [1.165, 1.54) is 58.4 Å². The number of benzene rings is 4. The van der Waals surface area contributed by atoms with Gasteiger partial charge in [0.1, 0.15) is 22.3 Å². The monoisotopic (exact) mass is 420 g/mol. The van der Waals surface area contributed by atoms with Crippen LogP contribution in [-0.2, 0) is 12.8 Å². The van der Waals surface area contributed by atoms with Gasteiger partial charge in [-0.1, -0.05) is 38.8 Å². The van der Waals surface area contributed by atoms with Crippen molar-refractivity contribution in [1.29, 1.82) is 0 Å². The first-order chi connectivity index (χ1) is 15.8. The highest BCUT2D eigenvalue weighted by atomic mass is 16.3. The lowest BCUT2D eigenvalue weighted by molar-refractivity contribution is 0.669. The third-order valence-electron chi connectivity index (χ3n) is 6.83. The molecule has 4 aromatic carbocycles. The number of furan rings is 2. The lowest BCUT2D eigenvalue weighted by Crippen LogP contribution is -1.83. The summed E-state index contributed by atoms with van der Waals surface area (Å²) in [5, 5.41) is 7.02. The van der Waals surface area contributed by atoms with Gasteiger partial charge in [-0.3, -0.25) is 0 Å². The van der Waals surface area contributed by atoms with E-state index in [2.05, 4.69) is 74.5 Å². The fraction of sp³-hybridized carbons (Fsp3) is 0.267. The highest BCUT2D eigenvalue weighted by molar-refractivity contribution is 6.22. The van der Waals surface area contributed by atoms with Gasteiger partial charge in [-0.2, -0.15) is 0 Å². The Bertz CT molecular complexity index is 1470. The highest BCUT2D eigenvalue weighted by Crippen LogP contribution is 2.40. The number of unbranched alkanes of at least 4 members (excludes halogenated alkanes) is 2. The molecule has 2 heterocycles. The fourth-order valence-electron chi connectivity index (χ4n) is 5.04. The Morgan fingerprint density at radius 2 is 0.906 bits per heavy atom. The van der Waals surface area contributed by atoms with E-state index in [1.54, 1.807) is 0 Å². The van der Waals surface area contributed by atoms with E-state index < -0.39 is 0 Å². The Morgan fingerprint density at radius 3 is 1.31 bits per heavy atom. The molecule has 0 atom stereocenters. The minimum absolute atomic E-state index is 0.955. The molecule has 0 spiro atoms. The van der Waals surface area contributed by atoms with Crippen molar-refractivity contribution in [3.63, 3.8) is 0 Å². The second kappa shape index (κ2) is 7.70. The molecule has 0 saturated carbocycles. The summed E-state index contributed by atoms with van der Waals surface area (Å²) >= 11 is 0. The van der Waals surface area contributed by atoms with Gasteiger partial charge in [-0.15, -0.1) is 0 Å². The molecule has 2 nitrogen and oxygen atoms in total. The maximum Gasteiger partial charge on any atom is 0.143 e. The van der Waals surface area contributed by atoms with Crippen LogP contribution in [0.3, 0.4) is 0 Å². The summed E-state index contributed by atoms with van der Waals surface area (Å²) in [6, 6.07) is 22.1. The molecule has 0 fully saturated rings. The van der Waals surface area contributed by atoms with E-state index >= 15 is 0 Å². The van der Waals surface area contributed by atoms with Crippen molar-refractivity contribution in [3.05, 3.63) is 71.8 Å². The van der Waals surface area contributed by atoms with Crippen LogP contribution in [0.25, 0.3) is 54.6 Å². The molecule has 6 aromatic rings. The van der Waals surface area contributed by atoms with Crippen LogP contribution in [0, 0.1) is 0 Å². The van der Waals surface area contributed by atoms with Crippen molar-refractivity contribution in [2.45, 2.75) is 52.4 Å². The molecule has 6 rings (SSSR count). The van der Waals surface area contributed by atoms with Gasteiger partial charge in [0.15, 0.2) is 0 Å². The minimum atomic E-state index is 0.955. The Balaban J connectivity index is 1.56. The van der Waals surface area contributed by atoms with Gasteiger partial charge in [0, 0.05) is 32.3 Å². The summed E-state index contributed by atoms with van der Waals surface area (Å²) in [6.45, 7) is 4.48. The molecule has 160 valence electrons. The van der Waals surface area contributed by atoms with Crippen molar-refractivity contribution in [3.8, 4) is 0 Å². The summed E-state index contributed by atoms with van der Waals surface area (Å²) < 4.78 is 12.7. The Morgan fingerprint density at radius 1 is 0.500 bits per heavy atom. The normalized spacial score (nSPS) is 12.2. The average Bonchev–Trinajstić information content (AvgIpc) is 3.39. The molecule has 0 N–H and O–H groups in total. The van der Waals surface area contributed by atoms with Gasteiger partial charge in [0.25, 0.3) is 0 Å². The lowest BCUT2D eigenvalue weighted by atomic mass is 10.0. The van der Waals surface area contributed by atoms with Crippen LogP contribution in [0.15, 0.2) is 69.5 Å². The number of aryl methyl sites for hydroxylation is 2. The Hall–Kier alpha value is -3.26. The van der Waals surface area contributed by atoms with E-state index in [-0.39, 0.29) is 0 Å². The second-order valence-electron chi connectivity index (χ2n) is 9.05. The number of fused-ring (bicyclic) bond motifs is 9. The van der Waals surface area contributed by atoms with Gasteiger partial charge in [0.05, 0.1) is 0 Å². The topological polar surface area (TPSA) is 26.3 Å². The van der Waals surface area contributed by atoms with Gasteiger partial charge in [0.2, 0.25) is 0 Å². The molecule has 0 aliphatic heterocycles. The predicted molar refractivity (Wildman–Crippen MR) is 136 cm³/mol. The van der Waals surface area contributed by atoms with Gasteiger partial charge < -0.3 is 8.83 Å². The molecule has 0 amide bonds. The van der Waals surface area contributed by atoms with Gasteiger partial charge >= 0.3 is 0 Å². The Labute approximate surface area is 187 Å². The summed E-state index contributed by atoms with van der Waals surface area (Å²) in [6.07, 6.45) is 7.09. The summed E-state index contributed by atoms with van der Waals surface area (Å²) in [4.78, 5) is 0. The Kier molecular flexibility index (Phi) is 4.68. The quantitative estimate of drug-likeness (QED) is 0.268. The van der Waals surface area contributed by atoms with Crippen LogP contribution in [0.4, 0.5) is 0 Å². The van der Waals surface area contributed by atoms with E-state index in [1.807, 2.05) is 0 Å². The smallest absolute Gasteiger partial charge is 0.143 e. The summed E-state index contributed by atoms with van der Waals surface area (Å²) in [7, 11) is 0. The van der Waals surface area contributed by atoms with Crippen LogP contribution >= 0.6 is 0 Å². The van der Waals surface area contributed by atoms with E-state index in [0.717, 1.165) is 45.9 Å². The van der Waals surface area contributed by atoms with Crippen molar-refractivity contribution < 1.29 is 8.83 Å². The molecule has 0 aliphatic rings. The molecule has 0 bridgehead atoms. The van der Waals surface area contributed by atoms with E-state index in [0.29, 0.717) is 0 Å². The molecular weight excluding hydrogens is 392 g/mol. The van der Waals surface area contributed by atoms with Crippen molar-refractivity contribution in [2.24, 2.45) is 0 Å². The van der Waals surface area contributed by atoms with Gasteiger partial charge in [-0.05, 0) is 85.3 Å². The minimum Gasteiger partial charge on any atom is -0.455 e. The van der Waals surface area contributed by atoms with Crippen LogP contribution in [0.5, 0.6) is 0 Å². The maximum atomic E-state index is 6.37. The van der Waals surface area contributed by atoms with Crippen LogP contribution < -0.4 is 0 Å². The van der Waals surface area contributed by atoms with Crippen molar-refractivity contribution in [1.82, 2.24) is 0 Å². The van der Waals surface area contributed by atoms with Crippen molar-refractivity contribution >= 4 is 54.6 Å². The third kappa shape index (κ3) is 3.01. The maximum absolute atomic E-state index is 6.37. The first-order valence-corrected chi connectivity index (χ1v) is 12.0. The summed E-state index contributed by atoms with van der Waals surface area (Å²) in [5.74, 6) is 0. The molecule has 0 unspecified atom stereocenters. The molecule has 2 heteroatoms. The van der Waals surface area contributed by atoms with E-state index in [9.17, 15) is 0 Å². The largest absolute Gasteiger partial charge is 0.455 e. The summed E-state index contributed by atoms with van der Waals surface area (Å²) in [5.41, 5.74) is 6.59. The molecule has 32 heavy (non-hydrogen) atoms. The van der Waals surface area contributed by atoms with Crippen LogP contribution in [0.1, 0.15) is 50.7 Å². The van der Waals surface area contributed by atoms with E-state index in [4.69, 9.17) is 8.83 Å². The number of hydrogen-bond acceptors (Lipinski definition) is 2. The number of rotatable bonds is 6. The molecular formula is C30H28O2. The SMILES string of the molecule is CCCCc1ccc2oc3c(ccc4c3ccc3c5cc(CCCC)ccc5oc34)c2c1. The second-order valence-corrected chi connectivity index (χ2v) is 9.05. The third-order valence-corrected chi connectivity index (χ3v) is 6.83. The standard InChI is InChI=1S/C30H28O2/c1-3-5-7-19-9-15-27-25(17-19)23-13-11-22-21(29(23)31-27)12-14-24-26-18-20(8-6-4-2)10-16-28(26)32-30(22)24/h9-18H,3-8H2,1-2H3. The zero-order valence-electron chi connectivity index (χ0n) is 18.8. The lowest BCUT2D eigenvalue weighted by Gasteiger charge is -2.01. The zero-order chi connectivity index (χ0) is 21.7. The average molecular weight is 421 g/mol. The predicted octanol–water partition coefficient (Wildman–Crippen LogP) is 9.32.